The minimum absolute atomic E-state index is 0.0267. The quantitative estimate of drug-likeness (QED) is 0.887. The highest BCUT2D eigenvalue weighted by Crippen LogP contribution is 2.18. The molecule has 0 aliphatic carbocycles. The van der Waals surface area contributed by atoms with Gasteiger partial charge in [0.1, 0.15) is 6.04 Å². The first kappa shape index (κ1) is 14.0. The second-order valence-corrected chi connectivity index (χ2v) is 5.27. The van der Waals surface area contributed by atoms with E-state index < -0.39 is 6.04 Å². The molecule has 1 aromatic carbocycles. The van der Waals surface area contributed by atoms with E-state index in [4.69, 9.17) is 0 Å². The van der Waals surface area contributed by atoms with Crippen molar-refractivity contribution in [1.29, 1.82) is 0 Å². The fourth-order valence-electron chi connectivity index (χ4n) is 2.53. The second-order valence-electron chi connectivity index (χ2n) is 5.27. The topological polar surface area (TPSA) is 43.8 Å². The molecule has 19 heavy (non-hydrogen) atoms. The zero-order valence-electron chi connectivity index (χ0n) is 11.6. The maximum Gasteiger partial charge on any atom is 0.242 e. The number of benzene rings is 1. The predicted octanol–water partition coefficient (Wildman–Crippen LogP) is 1.10. The van der Waals surface area contributed by atoms with Crippen molar-refractivity contribution in [3.05, 3.63) is 35.9 Å². The molecule has 2 unspecified atom stereocenters. The lowest BCUT2D eigenvalue weighted by molar-refractivity contribution is -0.138. The van der Waals surface area contributed by atoms with Crippen LogP contribution in [0.4, 0.5) is 0 Å². The third-order valence-corrected chi connectivity index (χ3v) is 3.90. The van der Waals surface area contributed by atoms with E-state index in [2.05, 4.69) is 6.92 Å². The highest BCUT2D eigenvalue weighted by molar-refractivity contribution is 5.82. The Balaban J connectivity index is 2.18. The Morgan fingerprint density at radius 1 is 1.32 bits per heavy atom. The number of rotatable bonds is 3. The van der Waals surface area contributed by atoms with E-state index in [0.717, 1.165) is 18.5 Å². The summed E-state index contributed by atoms with van der Waals surface area (Å²) in [6, 6.07) is 9.79. The fourth-order valence-corrected chi connectivity index (χ4v) is 2.53. The highest BCUT2D eigenvalue weighted by Gasteiger charge is 2.33. The molecule has 1 fully saturated rings. The number of aliphatic hydroxyl groups is 1. The zero-order valence-corrected chi connectivity index (χ0v) is 11.6. The van der Waals surface area contributed by atoms with Crippen LogP contribution in [0.3, 0.4) is 0 Å². The van der Waals surface area contributed by atoms with Gasteiger partial charge in [0.2, 0.25) is 5.91 Å². The Morgan fingerprint density at radius 2 is 2.00 bits per heavy atom. The molecule has 2 rings (SSSR count). The van der Waals surface area contributed by atoms with Gasteiger partial charge in [-0.25, -0.2) is 0 Å². The molecule has 1 aliphatic rings. The van der Waals surface area contributed by atoms with Crippen LogP contribution in [0.25, 0.3) is 0 Å². The first-order chi connectivity index (χ1) is 9.13. The van der Waals surface area contributed by atoms with Crippen molar-refractivity contribution in [2.24, 2.45) is 0 Å². The van der Waals surface area contributed by atoms with E-state index in [-0.39, 0.29) is 18.6 Å². The van der Waals surface area contributed by atoms with Crippen molar-refractivity contribution in [3.8, 4) is 0 Å². The van der Waals surface area contributed by atoms with Crippen LogP contribution in [0.1, 0.15) is 18.9 Å². The molecule has 1 heterocycles. The molecule has 1 aromatic rings. The van der Waals surface area contributed by atoms with Crippen molar-refractivity contribution in [1.82, 2.24) is 9.80 Å². The van der Waals surface area contributed by atoms with Crippen LogP contribution < -0.4 is 0 Å². The lowest BCUT2D eigenvalue weighted by Gasteiger charge is -2.30. The summed E-state index contributed by atoms with van der Waals surface area (Å²) >= 11 is 0. The van der Waals surface area contributed by atoms with Gasteiger partial charge in [-0.3, -0.25) is 9.69 Å². The van der Waals surface area contributed by atoms with Crippen LogP contribution in [-0.2, 0) is 11.3 Å². The smallest absolute Gasteiger partial charge is 0.242 e. The number of likely N-dealkylation sites (N-methyl/N-ethyl adjacent to an activating group) is 1. The summed E-state index contributed by atoms with van der Waals surface area (Å²) < 4.78 is 0. The van der Waals surface area contributed by atoms with Crippen LogP contribution >= 0.6 is 0 Å². The summed E-state index contributed by atoms with van der Waals surface area (Å²) in [4.78, 5) is 16.4. The summed E-state index contributed by atoms with van der Waals surface area (Å²) in [6.07, 6.45) is 0.936. The van der Waals surface area contributed by atoms with E-state index in [1.54, 1.807) is 0 Å². The molecule has 0 aromatic heterocycles. The lowest BCUT2D eigenvalue weighted by atomic mass is 10.1. The van der Waals surface area contributed by atoms with Crippen molar-refractivity contribution >= 4 is 5.91 Å². The van der Waals surface area contributed by atoms with E-state index in [9.17, 15) is 9.90 Å². The number of amides is 1. The van der Waals surface area contributed by atoms with Gasteiger partial charge in [0, 0.05) is 19.1 Å². The van der Waals surface area contributed by atoms with Crippen molar-refractivity contribution in [2.45, 2.75) is 32.0 Å². The van der Waals surface area contributed by atoms with E-state index >= 15 is 0 Å². The Bertz CT molecular complexity index is 421. The molecule has 0 spiro atoms. The van der Waals surface area contributed by atoms with Gasteiger partial charge in [-0.2, -0.15) is 0 Å². The summed E-state index contributed by atoms with van der Waals surface area (Å²) in [6.45, 7) is 3.41. The normalized spacial score (nSPS) is 25.4. The third-order valence-electron chi connectivity index (χ3n) is 3.90. The molecule has 2 atom stereocenters. The van der Waals surface area contributed by atoms with Gasteiger partial charge in [0.25, 0.3) is 0 Å². The molecular weight excluding hydrogens is 240 g/mol. The Labute approximate surface area is 114 Å². The largest absolute Gasteiger partial charge is 0.394 e. The highest BCUT2D eigenvalue weighted by atomic mass is 16.3. The van der Waals surface area contributed by atoms with Gasteiger partial charge in [-0.05, 0) is 26.0 Å². The van der Waals surface area contributed by atoms with Gasteiger partial charge >= 0.3 is 0 Å². The minimum Gasteiger partial charge on any atom is -0.394 e. The number of carbonyl (C=O) groups excluding carboxylic acids is 1. The van der Waals surface area contributed by atoms with Gasteiger partial charge in [0.15, 0.2) is 0 Å². The number of carbonyl (C=O) groups is 1. The van der Waals surface area contributed by atoms with Crippen LogP contribution in [0, 0.1) is 0 Å². The van der Waals surface area contributed by atoms with Crippen molar-refractivity contribution in [2.75, 3.05) is 20.2 Å². The molecule has 104 valence electrons. The molecule has 1 amide bonds. The average Bonchev–Trinajstić information content (AvgIpc) is 2.52. The molecule has 1 saturated heterocycles. The monoisotopic (exact) mass is 262 g/mol. The summed E-state index contributed by atoms with van der Waals surface area (Å²) in [5, 5.41) is 9.44. The molecule has 0 bridgehead atoms. The molecule has 1 aliphatic heterocycles. The Kier molecular flexibility index (Phi) is 4.56. The molecule has 0 radical (unpaired) electrons. The van der Waals surface area contributed by atoms with Crippen LogP contribution in [0.5, 0.6) is 0 Å². The van der Waals surface area contributed by atoms with Gasteiger partial charge in [-0.1, -0.05) is 30.3 Å². The number of hydrogen-bond acceptors (Lipinski definition) is 3. The fraction of sp³-hybridized carbons (Fsp3) is 0.533. The lowest BCUT2D eigenvalue weighted by Crippen LogP contribution is -2.47. The van der Waals surface area contributed by atoms with E-state index in [1.807, 2.05) is 47.2 Å². The van der Waals surface area contributed by atoms with Crippen molar-refractivity contribution in [3.63, 3.8) is 0 Å². The van der Waals surface area contributed by atoms with Crippen LogP contribution in [-0.4, -0.2) is 53.1 Å². The number of aliphatic hydroxyl groups excluding tert-OH is 1. The van der Waals surface area contributed by atoms with Crippen LogP contribution in [0.15, 0.2) is 30.3 Å². The van der Waals surface area contributed by atoms with E-state index in [1.165, 1.54) is 0 Å². The number of nitrogens with zero attached hydrogens (tertiary/aromatic N) is 2. The van der Waals surface area contributed by atoms with Gasteiger partial charge in [-0.15, -0.1) is 0 Å². The first-order valence-corrected chi connectivity index (χ1v) is 6.79. The third kappa shape index (κ3) is 3.14. The molecular formula is C15H22N2O2. The van der Waals surface area contributed by atoms with Gasteiger partial charge in [0.05, 0.1) is 6.61 Å². The Morgan fingerprint density at radius 3 is 2.63 bits per heavy atom. The van der Waals surface area contributed by atoms with E-state index in [0.29, 0.717) is 6.54 Å². The van der Waals surface area contributed by atoms with Crippen LogP contribution in [0.2, 0.25) is 0 Å². The standard InChI is InChI=1S/C15H22N2O2/c1-12-8-9-16(2)14(11-18)15(19)17(12)10-13-6-4-3-5-7-13/h3-7,12,14,18H,8-11H2,1-2H3. The summed E-state index contributed by atoms with van der Waals surface area (Å²) in [5.41, 5.74) is 1.13. The minimum atomic E-state index is -0.409. The molecule has 4 nitrogen and oxygen atoms in total. The second kappa shape index (κ2) is 6.17. The van der Waals surface area contributed by atoms with Gasteiger partial charge < -0.3 is 10.0 Å². The molecule has 1 N–H and O–H groups in total. The zero-order chi connectivity index (χ0) is 13.8. The maximum absolute atomic E-state index is 12.5. The predicted molar refractivity (Wildman–Crippen MR) is 74.6 cm³/mol. The average molecular weight is 262 g/mol. The SMILES string of the molecule is CC1CCN(C)C(CO)C(=O)N1Cc1ccccc1. The first-order valence-electron chi connectivity index (χ1n) is 6.79. The Hall–Kier alpha value is -1.39. The van der Waals surface area contributed by atoms with Crippen molar-refractivity contribution < 1.29 is 9.90 Å². The molecule has 4 heteroatoms. The molecule has 0 saturated carbocycles. The maximum atomic E-state index is 12.5. The number of hydrogen-bond donors (Lipinski definition) is 1. The summed E-state index contributed by atoms with van der Waals surface area (Å²) in [5.74, 6) is 0.0267. The summed E-state index contributed by atoms with van der Waals surface area (Å²) in [7, 11) is 1.90.